The molecule has 156 valence electrons. The number of fused-ring (bicyclic) bond motifs is 1. The van der Waals surface area contributed by atoms with Gasteiger partial charge in [0.2, 0.25) is 0 Å². The second-order valence-corrected chi connectivity index (χ2v) is 9.28. The van der Waals surface area contributed by atoms with E-state index >= 15 is 0 Å². The van der Waals surface area contributed by atoms with Gasteiger partial charge in [-0.3, -0.25) is 9.36 Å². The first-order valence-electron chi connectivity index (χ1n) is 10.1. The SMILES string of the molecule is CCC(C)(CCC=C(C)C(C)(C)C)C1=CCc2c(c(O)n(CC(=O)O)c2O)C1. The Labute approximate surface area is 168 Å². The molecule has 0 spiro atoms. The zero-order valence-corrected chi connectivity index (χ0v) is 18.1. The molecule has 1 atom stereocenters. The molecule has 0 radical (unpaired) electrons. The van der Waals surface area contributed by atoms with E-state index in [2.05, 4.69) is 53.7 Å². The molecule has 0 aliphatic heterocycles. The predicted octanol–water partition coefficient (Wildman–Crippen LogP) is 5.20. The highest BCUT2D eigenvalue weighted by atomic mass is 16.4. The number of allylic oxidation sites excluding steroid dienone is 4. The number of hydrogen-bond donors (Lipinski definition) is 3. The standard InChI is InChI=1S/C23H35NO4/c1-7-23(6,12-8-9-15(2)22(3,4)5)16-10-11-17-18(13-16)21(28)24(20(17)27)14-19(25)26/h9-10,27-28H,7-8,11-14H2,1-6H3,(H,25,26). The van der Waals surface area contributed by atoms with Gasteiger partial charge in [0, 0.05) is 11.1 Å². The van der Waals surface area contributed by atoms with E-state index in [4.69, 9.17) is 5.11 Å². The molecular weight excluding hydrogens is 354 g/mol. The van der Waals surface area contributed by atoms with Crippen LogP contribution in [0.3, 0.4) is 0 Å². The third-order valence-corrected chi connectivity index (χ3v) is 6.51. The molecular formula is C23H35NO4. The summed E-state index contributed by atoms with van der Waals surface area (Å²) in [5.41, 5.74) is 4.13. The third-order valence-electron chi connectivity index (χ3n) is 6.51. The van der Waals surface area contributed by atoms with Crippen LogP contribution in [0.1, 0.15) is 71.9 Å². The molecule has 0 amide bonds. The average molecular weight is 390 g/mol. The molecule has 0 saturated carbocycles. The lowest BCUT2D eigenvalue weighted by atomic mass is 9.71. The van der Waals surface area contributed by atoms with Crippen molar-refractivity contribution in [3.8, 4) is 11.8 Å². The number of carboxylic acids is 1. The predicted molar refractivity (Wildman–Crippen MR) is 112 cm³/mol. The molecule has 5 heteroatoms. The zero-order valence-electron chi connectivity index (χ0n) is 18.1. The smallest absolute Gasteiger partial charge is 0.323 e. The lowest BCUT2D eigenvalue weighted by molar-refractivity contribution is -0.137. The van der Waals surface area contributed by atoms with Crippen LogP contribution in [0, 0.1) is 10.8 Å². The largest absolute Gasteiger partial charge is 0.494 e. The van der Waals surface area contributed by atoms with Crippen molar-refractivity contribution in [2.75, 3.05) is 0 Å². The Morgan fingerprint density at radius 2 is 1.79 bits per heavy atom. The normalized spacial score (nSPS) is 17.1. The van der Waals surface area contributed by atoms with Crippen molar-refractivity contribution in [3.05, 3.63) is 34.4 Å². The molecule has 1 aliphatic carbocycles. The Bertz CT molecular complexity index is 808. The second kappa shape index (κ2) is 8.06. The summed E-state index contributed by atoms with van der Waals surface area (Å²) < 4.78 is 1.09. The van der Waals surface area contributed by atoms with E-state index in [1.807, 2.05) is 0 Å². The molecule has 0 saturated heterocycles. The maximum Gasteiger partial charge on any atom is 0.323 e. The molecule has 1 unspecified atom stereocenters. The summed E-state index contributed by atoms with van der Waals surface area (Å²) in [6, 6.07) is 0. The van der Waals surface area contributed by atoms with Crippen molar-refractivity contribution >= 4 is 5.97 Å². The zero-order chi connectivity index (χ0) is 21.3. The summed E-state index contributed by atoms with van der Waals surface area (Å²) in [5, 5.41) is 29.9. The van der Waals surface area contributed by atoms with Gasteiger partial charge in [0.1, 0.15) is 6.54 Å². The summed E-state index contributed by atoms with van der Waals surface area (Å²) in [7, 11) is 0. The van der Waals surface area contributed by atoms with E-state index in [1.54, 1.807) is 0 Å². The first-order valence-corrected chi connectivity index (χ1v) is 10.1. The first-order chi connectivity index (χ1) is 12.9. The fraction of sp³-hybridized carbons (Fsp3) is 0.609. The second-order valence-electron chi connectivity index (χ2n) is 9.28. The van der Waals surface area contributed by atoms with E-state index in [0.29, 0.717) is 24.0 Å². The third kappa shape index (κ3) is 4.45. The van der Waals surface area contributed by atoms with Crippen LogP contribution in [0.25, 0.3) is 0 Å². The van der Waals surface area contributed by atoms with Gasteiger partial charge in [0.15, 0.2) is 11.8 Å². The first kappa shape index (κ1) is 22.1. The minimum Gasteiger partial charge on any atom is -0.494 e. The van der Waals surface area contributed by atoms with Crippen molar-refractivity contribution in [2.45, 2.75) is 80.2 Å². The maximum absolute atomic E-state index is 11.0. The number of hydrogen-bond acceptors (Lipinski definition) is 3. The highest BCUT2D eigenvalue weighted by molar-refractivity contribution is 5.68. The minimum atomic E-state index is -1.09. The van der Waals surface area contributed by atoms with Crippen LogP contribution in [0.15, 0.2) is 23.3 Å². The molecule has 1 aliphatic rings. The van der Waals surface area contributed by atoms with Crippen LogP contribution in [-0.2, 0) is 24.2 Å². The molecule has 0 aromatic carbocycles. The highest BCUT2D eigenvalue weighted by Crippen LogP contribution is 2.45. The quantitative estimate of drug-likeness (QED) is 0.560. The summed E-state index contributed by atoms with van der Waals surface area (Å²) in [6.45, 7) is 12.8. The average Bonchev–Trinajstić information content (AvgIpc) is 2.84. The topological polar surface area (TPSA) is 82.7 Å². The van der Waals surface area contributed by atoms with Gasteiger partial charge in [0.05, 0.1) is 0 Å². The van der Waals surface area contributed by atoms with Crippen LogP contribution in [0.5, 0.6) is 11.8 Å². The lowest BCUT2D eigenvalue weighted by Crippen LogP contribution is -2.22. The summed E-state index contributed by atoms with van der Waals surface area (Å²) in [4.78, 5) is 11.0. The van der Waals surface area contributed by atoms with Gasteiger partial charge in [-0.25, -0.2) is 0 Å². The van der Waals surface area contributed by atoms with Gasteiger partial charge < -0.3 is 15.3 Å². The Balaban J connectivity index is 2.22. The maximum atomic E-state index is 11.0. The van der Waals surface area contributed by atoms with Crippen molar-refractivity contribution < 1.29 is 20.1 Å². The van der Waals surface area contributed by atoms with E-state index in [0.717, 1.165) is 23.8 Å². The van der Waals surface area contributed by atoms with Gasteiger partial charge in [-0.2, -0.15) is 0 Å². The van der Waals surface area contributed by atoms with Crippen LogP contribution >= 0.6 is 0 Å². The van der Waals surface area contributed by atoms with E-state index < -0.39 is 12.5 Å². The minimum absolute atomic E-state index is 0.00329. The highest BCUT2D eigenvalue weighted by Gasteiger charge is 2.33. The fourth-order valence-corrected chi connectivity index (χ4v) is 3.81. The van der Waals surface area contributed by atoms with Crippen LogP contribution in [-0.4, -0.2) is 25.9 Å². The monoisotopic (exact) mass is 389 g/mol. The number of aliphatic carboxylic acids is 1. The number of carboxylic acid groups (broad SMARTS) is 1. The molecule has 0 fully saturated rings. The van der Waals surface area contributed by atoms with Gasteiger partial charge >= 0.3 is 5.97 Å². The number of rotatable bonds is 7. The molecule has 2 rings (SSSR count). The molecule has 0 bridgehead atoms. The van der Waals surface area contributed by atoms with E-state index in [-0.39, 0.29) is 22.6 Å². The fourth-order valence-electron chi connectivity index (χ4n) is 3.81. The molecule has 1 aromatic heterocycles. The molecule has 28 heavy (non-hydrogen) atoms. The van der Waals surface area contributed by atoms with Crippen LogP contribution < -0.4 is 0 Å². The molecule has 5 nitrogen and oxygen atoms in total. The van der Waals surface area contributed by atoms with Crippen LogP contribution in [0.4, 0.5) is 0 Å². The van der Waals surface area contributed by atoms with Gasteiger partial charge in [-0.1, -0.05) is 57.9 Å². The lowest BCUT2D eigenvalue weighted by Gasteiger charge is -2.33. The van der Waals surface area contributed by atoms with Gasteiger partial charge in [0.25, 0.3) is 0 Å². The van der Waals surface area contributed by atoms with Crippen LogP contribution in [0.2, 0.25) is 0 Å². The number of aromatic hydroxyl groups is 2. The van der Waals surface area contributed by atoms with Crippen molar-refractivity contribution in [2.24, 2.45) is 10.8 Å². The van der Waals surface area contributed by atoms with E-state index in [9.17, 15) is 15.0 Å². The Hall–Kier alpha value is -2.17. The van der Waals surface area contributed by atoms with Gasteiger partial charge in [-0.15, -0.1) is 0 Å². The van der Waals surface area contributed by atoms with Crippen molar-refractivity contribution in [1.29, 1.82) is 0 Å². The summed E-state index contributed by atoms with van der Waals surface area (Å²) in [6.07, 6.45) is 8.54. The summed E-state index contributed by atoms with van der Waals surface area (Å²) >= 11 is 0. The molecule has 1 heterocycles. The number of aromatic nitrogens is 1. The Kier molecular flexibility index (Phi) is 6.37. The van der Waals surface area contributed by atoms with Gasteiger partial charge in [-0.05, 0) is 49.9 Å². The Morgan fingerprint density at radius 3 is 2.32 bits per heavy atom. The van der Waals surface area contributed by atoms with Crippen molar-refractivity contribution in [3.63, 3.8) is 0 Å². The number of carbonyl (C=O) groups is 1. The number of nitrogens with zero attached hydrogens (tertiary/aromatic N) is 1. The van der Waals surface area contributed by atoms with Crippen molar-refractivity contribution in [1.82, 2.24) is 4.57 Å². The Morgan fingerprint density at radius 1 is 1.18 bits per heavy atom. The van der Waals surface area contributed by atoms with E-state index in [1.165, 1.54) is 11.1 Å². The molecule has 3 N–H and O–H groups in total. The summed E-state index contributed by atoms with van der Waals surface area (Å²) in [5.74, 6) is -1.35. The molecule has 1 aromatic rings.